The van der Waals surface area contributed by atoms with Crippen LogP contribution < -0.4 is 4.72 Å². The fraction of sp³-hybridized carbons (Fsp3) is 0.167. The highest BCUT2D eigenvalue weighted by Crippen LogP contribution is 2.41. The summed E-state index contributed by atoms with van der Waals surface area (Å²) in [4.78, 5) is 31.6. The normalized spacial score (nSPS) is 15.7. The van der Waals surface area contributed by atoms with Gasteiger partial charge in [-0.1, -0.05) is 48.0 Å². The van der Waals surface area contributed by atoms with Gasteiger partial charge in [-0.15, -0.1) is 0 Å². The number of pyridine rings is 1. The molecule has 11 heteroatoms. The van der Waals surface area contributed by atoms with Crippen LogP contribution in [0.15, 0.2) is 71.4 Å². The monoisotopic (exact) mass is 589 g/mol. The van der Waals surface area contributed by atoms with Gasteiger partial charge in [-0.2, -0.15) is 0 Å². The van der Waals surface area contributed by atoms with Crippen molar-refractivity contribution in [2.45, 2.75) is 31.1 Å². The number of furan rings is 1. The minimum absolute atomic E-state index is 0.00551. The Morgan fingerprint density at radius 2 is 1.98 bits per heavy atom. The third-order valence-electron chi connectivity index (χ3n) is 7.50. The zero-order valence-corrected chi connectivity index (χ0v) is 22.9. The molecule has 0 radical (unpaired) electrons. The molecule has 1 N–H and O–H groups in total. The quantitative estimate of drug-likeness (QED) is 0.246. The second kappa shape index (κ2) is 9.39. The van der Waals surface area contributed by atoms with Gasteiger partial charge in [-0.3, -0.25) is 9.59 Å². The maximum atomic E-state index is 15.4. The van der Waals surface area contributed by atoms with Gasteiger partial charge in [0, 0.05) is 29.5 Å². The number of hydrogen-bond acceptors (Lipinski definition) is 6. The Morgan fingerprint density at radius 1 is 1.17 bits per heavy atom. The third-order valence-corrected chi connectivity index (χ3v) is 9.51. The minimum atomic E-state index is -3.96. The summed E-state index contributed by atoms with van der Waals surface area (Å²) in [6, 6.07) is 11.7. The molecule has 2 aromatic carbocycles. The lowest BCUT2D eigenvalue weighted by atomic mass is 9.93. The first-order chi connectivity index (χ1) is 19.7. The molecule has 0 aliphatic heterocycles. The molecule has 7 rings (SSSR count). The molecule has 1 saturated carbocycles. The molecule has 0 saturated heterocycles. The summed E-state index contributed by atoms with van der Waals surface area (Å²) in [5.74, 6) is -1.78. The SMILES string of the molecule is O=C1CC=CC=C1c1c(C(=O)NS(=O)(=O)C2CC2)n(Cc2cc(Cl)nc3ccccc23)c2cc(F)c3ccoc3c12. The van der Waals surface area contributed by atoms with Gasteiger partial charge in [0.1, 0.15) is 22.2 Å². The number of para-hydroxylation sites is 1. The molecule has 41 heavy (non-hydrogen) atoms. The van der Waals surface area contributed by atoms with Crippen molar-refractivity contribution < 1.29 is 26.8 Å². The van der Waals surface area contributed by atoms with Gasteiger partial charge < -0.3 is 8.98 Å². The van der Waals surface area contributed by atoms with E-state index in [-0.39, 0.29) is 57.2 Å². The summed E-state index contributed by atoms with van der Waals surface area (Å²) >= 11 is 6.36. The summed E-state index contributed by atoms with van der Waals surface area (Å²) in [5, 5.41) is 0.800. The molecule has 1 amide bonds. The summed E-state index contributed by atoms with van der Waals surface area (Å²) < 4.78 is 50.7. The number of allylic oxidation sites excluding steroid dienone is 4. The average Bonchev–Trinajstić information content (AvgIpc) is 3.61. The highest BCUT2D eigenvalue weighted by molar-refractivity contribution is 7.91. The maximum absolute atomic E-state index is 15.4. The zero-order chi connectivity index (χ0) is 28.5. The van der Waals surface area contributed by atoms with Crippen LogP contribution >= 0.6 is 11.6 Å². The van der Waals surface area contributed by atoms with E-state index < -0.39 is 27.0 Å². The number of sulfonamides is 1. The van der Waals surface area contributed by atoms with Crippen molar-refractivity contribution in [1.82, 2.24) is 14.3 Å². The van der Waals surface area contributed by atoms with Crippen molar-refractivity contribution in [1.29, 1.82) is 0 Å². The van der Waals surface area contributed by atoms with Crippen molar-refractivity contribution in [2.75, 3.05) is 0 Å². The topological polar surface area (TPSA) is 111 Å². The van der Waals surface area contributed by atoms with E-state index >= 15 is 4.39 Å². The lowest BCUT2D eigenvalue weighted by Gasteiger charge is -2.15. The second-order valence-corrected chi connectivity index (χ2v) is 12.5. The molecular weight excluding hydrogens is 569 g/mol. The maximum Gasteiger partial charge on any atom is 0.282 e. The van der Waals surface area contributed by atoms with Crippen molar-refractivity contribution >= 4 is 71.7 Å². The van der Waals surface area contributed by atoms with E-state index in [1.54, 1.807) is 30.4 Å². The van der Waals surface area contributed by atoms with Crippen LogP contribution in [0.25, 0.3) is 38.3 Å². The number of Topliss-reactive ketones (excluding diaryl/α,β-unsaturated/α-hetero) is 1. The lowest BCUT2D eigenvalue weighted by molar-refractivity contribution is -0.113. The number of halogens is 2. The first kappa shape index (κ1) is 25.7. The largest absolute Gasteiger partial charge is 0.463 e. The second-order valence-electron chi connectivity index (χ2n) is 10.2. The number of nitrogens with one attached hydrogen (secondary N) is 1. The number of amides is 1. The zero-order valence-electron chi connectivity index (χ0n) is 21.4. The molecular formula is C30H21ClFN3O5S. The number of fused-ring (bicyclic) bond motifs is 4. The highest BCUT2D eigenvalue weighted by atomic mass is 35.5. The lowest BCUT2D eigenvalue weighted by Crippen LogP contribution is -2.35. The van der Waals surface area contributed by atoms with Crippen molar-refractivity contribution in [3.8, 4) is 0 Å². The molecule has 0 bridgehead atoms. The van der Waals surface area contributed by atoms with E-state index in [2.05, 4.69) is 9.71 Å². The van der Waals surface area contributed by atoms with Crippen LogP contribution in [0.4, 0.5) is 4.39 Å². The number of carbonyl (C=O) groups is 2. The van der Waals surface area contributed by atoms with Gasteiger partial charge in [0.15, 0.2) is 5.78 Å². The summed E-state index contributed by atoms with van der Waals surface area (Å²) in [6.07, 6.45) is 7.29. The van der Waals surface area contributed by atoms with Crippen LogP contribution in [0.5, 0.6) is 0 Å². The Morgan fingerprint density at radius 3 is 2.76 bits per heavy atom. The van der Waals surface area contributed by atoms with Gasteiger partial charge in [0.25, 0.3) is 5.91 Å². The smallest absolute Gasteiger partial charge is 0.282 e. The number of aromatic nitrogens is 2. The van der Waals surface area contributed by atoms with E-state index in [1.165, 1.54) is 23.0 Å². The first-order valence-electron chi connectivity index (χ1n) is 13.0. The molecule has 0 unspecified atom stereocenters. The first-order valence-corrected chi connectivity index (χ1v) is 14.9. The van der Waals surface area contributed by atoms with Crippen LogP contribution in [-0.2, 0) is 21.4 Å². The van der Waals surface area contributed by atoms with Crippen LogP contribution in [0.2, 0.25) is 5.15 Å². The molecule has 206 valence electrons. The molecule has 8 nitrogen and oxygen atoms in total. The fourth-order valence-electron chi connectivity index (χ4n) is 5.48. The van der Waals surface area contributed by atoms with Gasteiger partial charge in [0.05, 0.1) is 33.3 Å². The van der Waals surface area contributed by atoms with Crippen LogP contribution in [0.1, 0.15) is 40.9 Å². The number of benzene rings is 2. The van der Waals surface area contributed by atoms with Gasteiger partial charge in [-0.25, -0.2) is 22.5 Å². The number of ketones is 1. The molecule has 2 aliphatic carbocycles. The van der Waals surface area contributed by atoms with E-state index in [0.717, 1.165) is 5.39 Å². The summed E-state index contributed by atoms with van der Waals surface area (Å²) in [7, 11) is -3.96. The van der Waals surface area contributed by atoms with Gasteiger partial charge >= 0.3 is 0 Å². The Hall–Kier alpha value is -4.28. The van der Waals surface area contributed by atoms with Crippen LogP contribution in [0, 0.1) is 5.82 Å². The molecule has 3 aromatic heterocycles. The van der Waals surface area contributed by atoms with Crippen molar-refractivity contribution in [3.05, 3.63) is 94.7 Å². The van der Waals surface area contributed by atoms with E-state index in [1.807, 2.05) is 18.2 Å². The van der Waals surface area contributed by atoms with E-state index in [4.69, 9.17) is 16.0 Å². The van der Waals surface area contributed by atoms with Crippen LogP contribution in [-0.4, -0.2) is 34.9 Å². The average molecular weight is 590 g/mol. The van der Waals surface area contributed by atoms with Gasteiger partial charge in [-0.05, 0) is 42.7 Å². The van der Waals surface area contributed by atoms with E-state index in [9.17, 15) is 18.0 Å². The summed E-state index contributed by atoms with van der Waals surface area (Å²) in [5.41, 5.74) is 1.97. The Balaban J connectivity index is 1.57. The minimum Gasteiger partial charge on any atom is -0.463 e. The molecule has 1 fully saturated rings. The third kappa shape index (κ3) is 4.25. The molecule has 3 heterocycles. The number of hydrogen-bond donors (Lipinski definition) is 1. The molecule has 2 aliphatic rings. The molecule has 0 atom stereocenters. The van der Waals surface area contributed by atoms with Crippen molar-refractivity contribution in [3.63, 3.8) is 0 Å². The molecule has 5 aromatic rings. The van der Waals surface area contributed by atoms with Crippen LogP contribution in [0.3, 0.4) is 0 Å². The fourth-order valence-corrected chi connectivity index (χ4v) is 6.99. The number of nitrogens with zero attached hydrogens (tertiary/aromatic N) is 2. The number of carbonyl (C=O) groups excluding carboxylic acids is 2. The van der Waals surface area contributed by atoms with E-state index in [0.29, 0.717) is 29.3 Å². The van der Waals surface area contributed by atoms with Crippen molar-refractivity contribution in [2.24, 2.45) is 0 Å². The summed E-state index contributed by atoms with van der Waals surface area (Å²) in [6.45, 7) is -0.00551. The Labute approximate surface area is 238 Å². The standard InChI is InChI=1S/C30H21ClFN3O5S/c31-25-13-16(18-5-1-3-7-22(18)33-25)15-35-23-14-21(32)19-11-12-40-29(19)27(23)26(20-6-2-4-8-24(20)36)28(35)30(37)34-41(38,39)17-9-10-17/h1-7,11-14,17H,8-10,15H2,(H,34,37). The number of rotatable bonds is 6. The molecule has 0 spiro atoms. The van der Waals surface area contributed by atoms with Gasteiger partial charge in [0.2, 0.25) is 10.0 Å². The highest BCUT2D eigenvalue weighted by Gasteiger charge is 2.39. The predicted octanol–water partition coefficient (Wildman–Crippen LogP) is 5.91. The Bertz CT molecular complexity index is 2120. The predicted molar refractivity (Wildman–Crippen MR) is 154 cm³/mol. The Kier molecular flexibility index (Phi) is 5.88.